The van der Waals surface area contributed by atoms with Gasteiger partial charge in [0.05, 0.1) is 0 Å². The molecule has 1 saturated carbocycles. The fourth-order valence-corrected chi connectivity index (χ4v) is 3.34. The molecule has 0 spiro atoms. The molecule has 0 unspecified atom stereocenters. The fourth-order valence-electron chi connectivity index (χ4n) is 3.34. The van der Waals surface area contributed by atoms with Crippen LogP contribution in [0.25, 0.3) is 0 Å². The van der Waals surface area contributed by atoms with Crippen LogP contribution < -0.4 is 10.6 Å². The van der Waals surface area contributed by atoms with Crippen LogP contribution in [0.5, 0.6) is 0 Å². The maximum Gasteiger partial charge on any atom is 0.220 e. The van der Waals surface area contributed by atoms with Crippen molar-refractivity contribution >= 4 is 11.8 Å². The van der Waals surface area contributed by atoms with Gasteiger partial charge in [0.25, 0.3) is 0 Å². The lowest BCUT2D eigenvalue weighted by Crippen LogP contribution is -2.43. The molecule has 2 N–H and O–H groups in total. The van der Waals surface area contributed by atoms with Crippen molar-refractivity contribution in [1.82, 2.24) is 10.6 Å². The Hall–Kier alpha value is -1.06. The number of nitrogens with one attached hydrogen (secondary N) is 2. The standard InChI is InChI=1S/C19H36N2O2/c1-4-5-6-7-8-14-20-18(22)12-13-19(23)21-17-11-9-10-15(2)16(17)3/h15-17H,4-14H2,1-3H3,(H,20,22)(H,21,23)/t15-,16+,17-/m1/s1. The van der Waals surface area contributed by atoms with Gasteiger partial charge in [0, 0.05) is 25.4 Å². The largest absolute Gasteiger partial charge is 0.356 e. The molecule has 0 aromatic carbocycles. The van der Waals surface area contributed by atoms with Gasteiger partial charge in [-0.3, -0.25) is 9.59 Å². The third kappa shape index (κ3) is 8.38. The lowest BCUT2D eigenvalue weighted by molar-refractivity contribution is -0.127. The molecule has 0 saturated heterocycles. The van der Waals surface area contributed by atoms with Crippen molar-refractivity contribution in [2.45, 2.75) is 91.0 Å². The van der Waals surface area contributed by atoms with E-state index >= 15 is 0 Å². The molecule has 134 valence electrons. The molecule has 1 aliphatic rings. The highest BCUT2D eigenvalue weighted by Crippen LogP contribution is 2.29. The van der Waals surface area contributed by atoms with Gasteiger partial charge in [0.2, 0.25) is 11.8 Å². The minimum Gasteiger partial charge on any atom is -0.356 e. The van der Waals surface area contributed by atoms with Gasteiger partial charge in [-0.2, -0.15) is 0 Å². The summed E-state index contributed by atoms with van der Waals surface area (Å²) in [4.78, 5) is 23.8. The van der Waals surface area contributed by atoms with Gasteiger partial charge in [-0.1, -0.05) is 59.3 Å². The van der Waals surface area contributed by atoms with E-state index in [0.717, 1.165) is 19.4 Å². The molecule has 23 heavy (non-hydrogen) atoms. The first-order valence-corrected chi connectivity index (χ1v) is 9.60. The van der Waals surface area contributed by atoms with Gasteiger partial charge < -0.3 is 10.6 Å². The molecule has 4 heteroatoms. The van der Waals surface area contributed by atoms with Gasteiger partial charge in [-0.25, -0.2) is 0 Å². The Balaban J connectivity index is 2.09. The number of hydrogen-bond donors (Lipinski definition) is 2. The molecular formula is C19H36N2O2. The number of hydrogen-bond acceptors (Lipinski definition) is 2. The average molecular weight is 325 g/mol. The molecule has 0 radical (unpaired) electrons. The van der Waals surface area contributed by atoms with Crippen LogP contribution in [0.2, 0.25) is 0 Å². The van der Waals surface area contributed by atoms with Crippen molar-refractivity contribution in [3.05, 3.63) is 0 Å². The number of rotatable bonds is 10. The van der Waals surface area contributed by atoms with Crippen molar-refractivity contribution in [2.75, 3.05) is 6.54 Å². The second kappa shape index (κ2) is 11.5. The molecule has 0 aromatic rings. The number of unbranched alkanes of at least 4 members (excludes halogenated alkanes) is 4. The Labute approximate surface area is 142 Å². The summed E-state index contributed by atoms with van der Waals surface area (Å²) in [7, 11) is 0. The Bertz CT molecular complexity index is 357. The van der Waals surface area contributed by atoms with Crippen LogP contribution in [0.1, 0.15) is 85.0 Å². The maximum absolute atomic E-state index is 12.0. The van der Waals surface area contributed by atoms with Crippen molar-refractivity contribution in [3.8, 4) is 0 Å². The number of amides is 2. The van der Waals surface area contributed by atoms with Crippen LogP contribution in [-0.2, 0) is 9.59 Å². The lowest BCUT2D eigenvalue weighted by atomic mass is 9.78. The summed E-state index contributed by atoms with van der Waals surface area (Å²) >= 11 is 0. The topological polar surface area (TPSA) is 58.2 Å². The molecule has 0 heterocycles. The van der Waals surface area contributed by atoms with Crippen molar-refractivity contribution < 1.29 is 9.59 Å². The van der Waals surface area contributed by atoms with Crippen LogP contribution in [-0.4, -0.2) is 24.4 Å². The summed E-state index contributed by atoms with van der Waals surface area (Å²) in [6.45, 7) is 7.42. The van der Waals surface area contributed by atoms with E-state index in [1.54, 1.807) is 0 Å². The minimum atomic E-state index is 0.000650. The highest BCUT2D eigenvalue weighted by atomic mass is 16.2. The number of carbonyl (C=O) groups excluding carboxylic acids is 2. The zero-order valence-corrected chi connectivity index (χ0v) is 15.3. The molecule has 1 fully saturated rings. The minimum absolute atomic E-state index is 0.000650. The molecular weight excluding hydrogens is 288 g/mol. The lowest BCUT2D eigenvalue weighted by Gasteiger charge is -2.34. The predicted molar refractivity (Wildman–Crippen MR) is 95.1 cm³/mol. The van der Waals surface area contributed by atoms with E-state index in [-0.39, 0.29) is 17.9 Å². The van der Waals surface area contributed by atoms with E-state index in [1.165, 1.54) is 38.5 Å². The van der Waals surface area contributed by atoms with Gasteiger partial charge >= 0.3 is 0 Å². The average Bonchev–Trinajstić information content (AvgIpc) is 2.53. The van der Waals surface area contributed by atoms with Crippen molar-refractivity contribution in [3.63, 3.8) is 0 Å². The van der Waals surface area contributed by atoms with Crippen LogP contribution >= 0.6 is 0 Å². The van der Waals surface area contributed by atoms with E-state index in [1.807, 2.05) is 0 Å². The maximum atomic E-state index is 12.0. The predicted octanol–water partition coefficient (Wildman–Crippen LogP) is 3.79. The van der Waals surface area contributed by atoms with Crippen LogP contribution in [0.4, 0.5) is 0 Å². The van der Waals surface area contributed by atoms with E-state index in [9.17, 15) is 9.59 Å². The Kier molecular flexibility index (Phi) is 9.97. The number of carbonyl (C=O) groups is 2. The van der Waals surface area contributed by atoms with Crippen LogP contribution in [0.15, 0.2) is 0 Å². The molecule has 0 aromatic heterocycles. The van der Waals surface area contributed by atoms with Crippen molar-refractivity contribution in [1.29, 1.82) is 0 Å². The van der Waals surface area contributed by atoms with Crippen molar-refractivity contribution in [2.24, 2.45) is 11.8 Å². The summed E-state index contributed by atoms with van der Waals surface area (Å²) < 4.78 is 0. The van der Waals surface area contributed by atoms with Crippen LogP contribution in [0, 0.1) is 11.8 Å². The molecule has 1 rings (SSSR count). The van der Waals surface area contributed by atoms with Gasteiger partial charge in [-0.05, 0) is 24.7 Å². The SMILES string of the molecule is CCCCCCCNC(=O)CCC(=O)N[C@@H]1CCC[C@@H](C)[C@@H]1C. The third-order valence-corrected chi connectivity index (χ3v) is 5.23. The first kappa shape index (κ1) is 20.0. The molecule has 0 aliphatic heterocycles. The first-order valence-electron chi connectivity index (χ1n) is 9.60. The third-order valence-electron chi connectivity index (χ3n) is 5.23. The Morgan fingerprint density at radius 3 is 2.39 bits per heavy atom. The highest BCUT2D eigenvalue weighted by molar-refractivity contribution is 5.83. The summed E-state index contributed by atoms with van der Waals surface area (Å²) in [5, 5.41) is 6.04. The first-order chi connectivity index (χ1) is 11.0. The molecule has 0 bridgehead atoms. The van der Waals surface area contributed by atoms with E-state index < -0.39 is 0 Å². The second-order valence-corrected chi connectivity index (χ2v) is 7.21. The van der Waals surface area contributed by atoms with E-state index in [2.05, 4.69) is 31.4 Å². The van der Waals surface area contributed by atoms with Gasteiger partial charge in [0.1, 0.15) is 0 Å². The summed E-state index contributed by atoms with van der Waals surface area (Å²) in [5.41, 5.74) is 0. The summed E-state index contributed by atoms with van der Waals surface area (Å²) in [6.07, 6.45) is 10.1. The van der Waals surface area contributed by atoms with E-state index in [4.69, 9.17) is 0 Å². The monoisotopic (exact) mass is 324 g/mol. The normalized spacial score (nSPS) is 24.2. The van der Waals surface area contributed by atoms with Gasteiger partial charge in [0.15, 0.2) is 0 Å². The second-order valence-electron chi connectivity index (χ2n) is 7.21. The van der Waals surface area contributed by atoms with Crippen LogP contribution in [0.3, 0.4) is 0 Å². The summed E-state index contributed by atoms with van der Waals surface area (Å²) in [6, 6.07) is 0.285. The molecule has 1 aliphatic carbocycles. The quantitative estimate of drug-likeness (QED) is 0.601. The Morgan fingerprint density at radius 1 is 0.957 bits per heavy atom. The van der Waals surface area contributed by atoms with E-state index in [0.29, 0.717) is 24.7 Å². The zero-order chi connectivity index (χ0) is 17.1. The van der Waals surface area contributed by atoms with Gasteiger partial charge in [-0.15, -0.1) is 0 Å². The fraction of sp³-hybridized carbons (Fsp3) is 0.895. The Morgan fingerprint density at radius 2 is 1.65 bits per heavy atom. The highest BCUT2D eigenvalue weighted by Gasteiger charge is 2.27. The molecule has 2 amide bonds. The zero-order valence-electron chi connectivity index (χ0n) is 15.3. The summed E-state index contributed by atoms with van der Waals surface area (Å²) in [5.74, 6) is 1.23. The smallest absolute Gasteiger partial charge is 0.220 e. The molecule has 3 atom stereocenters. The molecule has 4 nitrogen and oxygen atoms in total.